The Labute approximate surface area is 159 Å². The standard InChI is InChI=1S/C22H24N2O3/c1-27-18-11-9-17(10-12-18)24-14-16(13-21(24)25)22(26)23-20-8-4-6-15-5-2-3-7-19(15)20/h2-3,5,7,9-12,16,20H,4,6,8,13-14H2,1H3,(H,23,26)/t16-,20+/m0/s1. The van der Waals surface area contributed by atoms with E-state index in [-0.39, 0.29) is 30.2 Å². The number of carbonyl (C=O) groups is 2. The number of carbonyl (C=O) groups excluding carboxylic acids is 2. The Bertz CT molecular complexity index is 847. The van der Waals surface area contributed by atoms with Gasteiger partial charge < -0.3 is 15.0 Å². The average Bonchev–Trinajstić information content (AvgIpc) is 3.10. The van der Waals surface area contributed by atoms with E-state index in [4.69, 9.17) is 4.74 Å². The van der Waals surface area contributed by atoms with Crippen LogP contribution < -0.4 is 15.0 Å². The zero-order valence-electron chi connectivity index (χ0n) is 15.5. The van der Waals surface area contributed by atoms with E-state index in [1.54, 1.807) is 12.0 Å². The minimum Gasteiger partial charge on any atom is -0.497 e. The Morgan fingerprint density at radius 1 is 1.15 bits per heavy atom. The van der Waals surface area contributed by atoms with Crippen LogP contribution in [0.15, 0.2) is 48.5 Å². The summed E-state index contributed by atoms with van der Waals surface area (Å²) in [6.07, 6.45) is 3.34. The van der Waals surface area contributed by atoms with E-state index in [1.807, 2.05) is 36.4 Å². The van der Waals surface area contributed by atoms with Crippen LogP contribution in [0.2, 0.25) is 0 Å². The van der Waals surface area contributed by atoms with Crippen molar-refractivity contribution in [3.05, 3.63) is 59.7 Å². The summed E-state index contributed by atoms with van der Waals surface area (Å²) in [5, 5.41) is 3.19. The van der Waals surface area contributed by atoms with E-state index in [2.05, 4.69) is 17.4 Å². The summed E-state index contributed by atoms with van der Waals surface area (Å²) in [5.41, 5.74) is 3.34. The SMILES string of the molecule is COc1ccc(N2C[C@@H](C(=O)N[C@@H]3CCCc4ccccc43)CC2=O)cc1. The van der Waals surface area contributed by atoms with Gasteiger partial charge in [-0.05, 0) is 54.7 Å². The average molecular weight is 364 g/mol. The maximum atomic E-state index is 12.8. The van der Waals surface area contributed by atoms with Gasteiger partial charge in [0.1, 0.15) is 5.75 Å². The van der Waals surface area contributed by atoms with Crippen molar-refractivity contribution >= 4 is 17.5 Å². The Kier molecular flexibility index (Phi) is 4.84. The molecule has 0 spiro atoms. The topological polar surface area (TPSA) is 58.6 Å². The van der Waals surface area contributed by atoms with Crippen molar-refractivity contribution in [2.75, 3.05) is 18.6 Å². The number of hydrogen-bond acceptors (Lipinski definition) is 3. The van der Waals surface area contributed by atoms with Gasteiger partial charge in [0.25, 0.3) is 0 Å². The van der Waals surface area contributed by atoms with Gasteiger partial charge in [0.05, 0.1) is 19.1 Å². The first-order valence-corrected chi connectivity index (χ1v) is 9.48. The zero-order chi connectivity index (χ0) is 18.8. The highest BCUT2D eigenvalue weighted by atomic mass is 16.5. The summed E-state index contributed by atoms with van der Waals surface area (Å²) < 4.78 is 5.16. The lowest BCUT2D eigenvalue weighted by Gasteiger charge is -2.27. The van der Waals surface area contributed by atoms with E-state index in [9.17, 15) is 9.59 Å². The fourth-order valence-electron chi connectivity index (χ4n) is 4.09. The summed E-state index contributed by atoms with van der Waals surface area (Å²) >= 11 is 0. The van der Waals surface area contributed by atoms with Crippen LogP contribution in [0.4, 0.5) is 5.69 Å². The van der Waals surface area contributed by atoms with Crippen LogP contribution >= 0.6 is 0 Å². The molecule has 1 heterocycles. The largest absolute Gasteiger partial charge is 0.497 e. The van der Waals surface area contributed by atoms with Crippen molar-refractivity contribution in [3.63, 3.8) is 0 Å². The van der Waals surface area contributed by atoms with Crippen molar-refractivity contribution < 1.29 is 14.3 Å². The van der Waals surface area contributed by atoms with Crippen molar-refractivity contribution in [2.24, 2.45) is 5.92 Å². The number of rotatable bonds is 4. The molecule has 2 amide bonds. The van der Waals surface area contributed by atoms with Gasteiger partial charge in [0.2, 0.25) is 11.8 Å². The molecule has 1 saturated heterocycles. The molecule has 0 unspecified atom stereocenters. The number of hydrogen-bond donors (Lipinski definition) is 1. The van der Waals surface area contributed by atoms with Crippen molar-refractivity contribution in [1.82, 2.24) is 5.32 Å². The van der Waals surface area contributed by atoms with Crippen LogP contribution in [-0.2, 0) is 16.0 Å². The van der Waals surface area contributed by atoms with E-state index in [1.165, 1.54) is 11.1 Å². The molecular formula is C22H24N2O3. The van der Waals surface area contributed by atoms with Crippen molar-refractivity contribution in [1.29, 1.82) is 0 Å². The minimum atomic E-state index is -0.311. The normalized spacial score (nSPS) is 21.7. The molecule has 1 fully saturated rings. The molecule has 5 nitrogen and oxygen atoms in total. The molecule has 140 valence electrons. The number of aryl methyl sites for hydroxylation is 1. The molecule has 0 radical (unpaired) electrons. The van der Waals surface area contributed by atoms with Gasteiger partial charge in [0, 0.05) is 18.7 Å². The Hall–Kier alpha value is -2.82. The van der Waals surface area contributed by atoms with Gasteiger partial charge in [-0.1, -0.05) is 24.3 Å². The number of fused-ring (bicyclic) bond motifs is 1. The number of amides is 2. The van der Waals surface area contributed by atoms with Crippen LogP contribution in [-0.4, -0.2) is 25.5 Å². The van der Waals surface area contributed by atoms with Crippen LogP contribution in [0.25, 0.3) is 0 Å². The molecule has 5 heteroatoms. The third-order valence-corrected chi connectivity index (χ3v) is 5.57. The lowest BCUT2D eigenvalue weighted by Crippen LogP contribution is -2.36. The van der Waals surface area contributed by atoms with Crippen LogP contribution in [0.5, 0.6) is 5.75 Å². The number of nitrogens with one attached hydrogen (secondary N) is 1. The molecular weight excluding hydrogens is 340 g/mol. The van der Waals surface area contributed by atoms with Gasteiger partial charge in [-0.2, -0.15) is 0 Å². The van der Waals surface area contributed by atoms with Crippen molar-refractivity contribution in [3.8, 4) is 5.75 Å². The summed E-state index contributed by atoms with van der Waals surface area (Å²) in [6, 6.07) is 15.7. The highest BCUT2D eigenvalue weighted by Gasteiger charge is 2.36. The van der Waals surface area contributed by atoms with Gasteiger partial charge in [-0.15, -0.1) is 0 Å². The van der Waals surface area contributed by atoms with Crippen LogP contribution in [0.3, 0.4) is 0 Å². The van der Waals surface area contributed by atoms with E-state index in [0.29, 0.717) is 6.54 Å². The number of benzene rings is 2. The smallest absolute Gasteiger partial charge is 0.227 e. The maximum absolute atomic E-state index is 12.8. The number of nitrogens with zero attached hydrogens (tertiary/aromatic N) is 1. The summed E-state index contributed by atoms with van der Waals surface area (Å²) in [5.74, 6) is 0.398. The highest BCUT2D eigenvalue weighted by Crippen LogP contribution is 2.31. The molecule has 2 aromatic rings. The van der Waals surface area contributed by atoms with Gasteiger partial charge >= 0.3 is 0 Å². The second-order valence-corrected chi connectivity index (χ2v) is 7.26. The summed E-state index contributed by atoms with van der Waals surface area (Å²) in [6.45, 7) is 0.422. The lowest BCUT2D eigenvalue weighted by atomic mass is 9.87. The van der Waals surface area contributed by atoms with E-state index < -0.39 is 0 Å². The molecule has 4 rings (SSSR count). The summed E-state index contributed by atoms with van der Waals surface area (Å²) in [4.78, 5) is 27.0. The fraction of sp³-hybridized carbons (Fsp3) is 0.364. The zero-order valence-corrected chi connectivity index (χ0v) is 15.5. The third kappa shape index (κ3) is 3.54. The van der Waals surface area contributed by atoms with Gasteiger partial charge in [-0.3, -0.25) is 9.59 Å². The lowest BCUT2D eigenvalue weighted by molar-refractivity contribution is -0.127. The number of anilines is 1. The predicted molar refractivity (Wildman–Crippen MR) is 104 cm³/mol. The third-order valence-electron chi connectivity index (χ3n) is 5.57. The second kappa shape index (κ2) is 7.43. The first kappa shape index (κ1) is 17.6. The molecule has 2 aliphatic rings. The molecule has 1 aliphatic heterocycles. The fourth-order valence-corrected chi connectivity index (χ4v) is 4.09. The second-order valence-electron chi connectivity index (χ2n) is 7.26. The Morgan fingerprint density at radius 2 is 1.93 bits per heavy atom. The highest BCUT2D eigenvalue weighted by molar-refractivity contribution is 6.00. The predicted octanol–water partition coefficient (Wildman–Crippen LogP) is 3.24. The number of ether oxygens (including phenoxy) is 1. The monoisotopic (exact) mass is 364 g/mol. The molecule has 1 N–H and O–H groups in total. The number of methoxy groups -OCH3 is 1. The molecule has 27 heavy (non-hydrogen) atoms. The summed E-state index contributed by atoms with van der Waals surface area (Å²) in [7, 11) is 1.61. The van der Waals surface area contributed by atoms with Crippen LogP contribution in [0.1, 0.15) is 36.4 Å². The molecule has 1 aliphatic carbocycles. The molecule has 2 atom stereocenters. The van der Waals surface area contributed by atoms with Gasteiger partial charge in [-0.25, -0.2) is 0 Å². The maximum Gasteiger partial charge on any atom is 0.227 e. The Morgan fingerprint density at radius 3 is 2.70 bits per heavy atom. The molecule has 2 aromatic carbocycles. The van der Waals surface area contributed by atoms with E-state index >= 15 is 0 Å². The quantitative estimate of drug-likeness (QED) is 0.906. The minimum absolute atomic E-state index is 0.00985. The van der Waals surface area contributed by atoms with Gasteiger partial charge in [0.15, 0.2) is 0 Å². The first-order valence-electron chi connectivity index (χ1n) is 9.48. The molecule has 0 aromatic heterocycles. The first-order chi connectivity index (χ1) is 13.2. The van der Waals surface area contributed by atoms with Crippen molar-refractivity contribution in [2.45, 2.75) is 31.7 Å². The molecule has 0 bridgehead atoms. The van der Waals surface area contributed by atoms with Crippen LogP contribution in [0, 0.1) is 5.92 Å². The molecule has 0 saturated carbocycles. The Balaban J connectivity index is 1.44. The van der Waals surface area contributed by atoms with E-state index in [0.717, 1.165) is 30.7 Å².